The van der Waals surface area contributed by atoms with Gasteiger partial charge in [0.15, 0.2) is 0 Å². The summed E-state index contributed by atoms with van der Waals surface area (Å²) in [6, 6.07) is 10.4. The van der Waals surface area contributed by atoms with Gasteiger partial charge in [-0.05, 0) is 31.4 Å². The first-order chi connectivity index (χ1) is 7.86. The molecule has 1 aromatic carbocycles. The zero-order valence-corrected chi connectivity index (χ0v) is 9.73. The summed E-state index contributed by atoms with van der Waals surface area (Å²) in [7, 11) is 0. The average Bonchev–Trinajstić information content (AvgIpc) is 2.59. The van der Waals surface area contributed by atoms with Crippen LogP contribution in [0.1, 0.15) is 43.8 Å². The fraction of sp³-hybridized carbons (Fsp3) is 0.571. The van der Waals surface area contributed by atoms with E-state index in [1.54, 1.807) is 0 Å². The fourth-order valence-corrected chi connectivity index (χ4v) is 2.38. The fourth-order valence-electron chi connectivity index (χ4n) is 2.38. The summed E-state index contributed by atoms with van der Waals surface area (Å²) < 4.78 is 0. The molecule has 1 aliphatic rings. The molecule has 1 aliphatic heterocycles. The van der Waals surface area contributed by atoms with E-state index >= 15 is 0 Å². The van der Waals surface area contributed by atoms with Gasteiger partial charge in [0, 0.05) is 6.04 Å². The SMILES string of the molecule is O[C@H](C[C@@H]1CCCCCN1)c1ccccc1. The highest BCUT2D eigenvalue weighted by Crippen LogP contribution is 2.21. The maximum atomic E-state index is 10.1. The van der Waals surface area contributed by atoms with Crippen LogP contribution in [0.4, 0.5) is 0 Å². The van der Waals surface area contributed by atoms with Crippen molar-refractivity contribution in [1.82, 2.24) is 5.32 Å². The molecule has 0 aliphatic carbocycles. The second-order valence-corrected chi connectivity index (χ2v) is 4.66. The number of benzene rings is 1. The first kappa shape index (κ1) is 11.6. The van der Waals surface area contributed by atoms with E-state index in [0.717, 1.165) is 18.5 Å². The van der Waals surface area contributed by atoms with E-state index in [0.29, 0.717) is 6.04 Å². The molecule has 2 heteroatoms. The molecule has 2 nitrogen and oxygen atoms in total. The number of hydrogen-bond donors (Lipinski definition) is 2. The molecule has 0 amide bonds. The van der Waals surface area contributed by atoms with Gasteiger partial charge < -0.3 is 10.4 Å². The van der Waals surface area contributed by atoms with Gasteiger partial charge in [0.2, 0.25) is 0 Å². The van der Waals surface area contributed by atoms with Crippen LogP contribution in [-0.4, -0.2) is 17.7 Å². The highest BCUT2D eigenvalue weighted by atomic mass is 16.3. The molecule has 0 radical (unpaired) electrons. The van der Waals surface area contributed by atoms with Crippen molar-refractivity contribution in [2.24, 2.45) is 0 Å². The molecular formula is C14H21NO. The third-order valence-electron chi connectivity index (χ3n) is 3.35. The van der Waals surface area contributed by atoms with Gasteiger partial charge in [-0.3, -0.25) is 0 Å². The summed E-state index contributed by atoms with van der Waals surface area (Å²) in [5, 5.41) is 13.6. The van der Waals surface area contributed by atoms with Gasteiger partial charge >= 0.3 is 0 Å². The molecule has 0 bridgehead atoms. The molecule has 0 aromatic heterocycles. The van der Waals surface area contributed by atoms with E-state index < -0.39 is 0 Å². The monoisotopic (exact) mass is 219 g/mol. The Bertz CT molecular complexity index is 291. The summed E-state index contributed by atoms with van der Waals surface area (Å²) in [5.74, 6) is 0. The van der Waals surface area contributed by atoms with Crippen LogP contribution in [0.5, 0.6) is 0 Å². The van der Waals surface area contributed by atoms with E-state index in [1.807, 2.05) is 30.3 Å². The lowest BCUT2D eigenvalue weighted by Crippen LogP contribution is -2.29. The van der Waals surface area contributed by atoms with Crippen LogP contribution in [-0.2, 0) is 0 Å². The minimum absolute atomic E-state index is 0.322. The molecule has 1 saturated heterocycles. The Morgan fingerprint density at radius 1 is 1.19 bits per heavy atom. The zero-order chi connectivity index (χ0) is 11.2. The summed E-state index contributed by atoms with van der Waals surface area (Å²) in [5.41, 5.74) is 1.04. The third-order valence-corrected chi connectivity index (χ3v) is 3.35. The Labute approximate surface area is 97.7 Å². The van der Waals surface area contributed by atoms with Crippen LogP contribution in [0.2, 0.25) is 0 Å². The minimum Gasteiger partial charge on any atom is -0.388 e. The van der Waals surface area contributed by atoms with Crippen LogP contribution < -0.4 is 5.32 Å². The number of rotatable bonds is 3. The number of aliphatic hydroxyl groups excluding tert-OH is 1. The maximum Gasteiger partial charge on any atom is 0.0804 e. The Hall–Kier alpha value is -0.860. The number of hydrogen-bond acceptors (Lipinski definition) is 2. The Morgan fingerprint density at radius 2 is 2.00 bits per heavy atom. The van der Waals surface area contributed by atoms with Crippen molar-refractivity contribution in [1.29, 1.82) is 0 Å². The molecule has 16 heavy (non-hydrogen) atoms. The summed E-state index contributed by atoms with van der Waals surface area (Å²) in [4.78, 5) is 0. The van der Waals surface area contributed by atoms with Gasteiger partial charge in [0.1, 0.15) is 0 Å². The van der Waals surface area contributed by atoms with E-state index in [-0.39, 0.29) is 6.10 Å². The van der Waals surface area contributed by atoms with Gasteiger partial charge in [-0.2, -0.15) is 0 Å². The van der Waals surface area contributed by atoms with Gasteiger partial charge in [-0.25, -0.2) is 0 Å². The van der Waals surface area contributed by atoms with Crippen LogP contribution in [0.15, 0.2) is 30.3 Å². The highest BCUT2D eigenvalue weighted by Gasteiger charge is 2.16. The summed E-state index contributed by atoms with van der Waals surface area (Å²) in [6.07, 6.45) is 5.60. The lowest BCUT2D eigenvalue weighted by atomic mass is 9.99. The van der Waals surface area contributed by atoms with Gasteiger partial charge in [0.05, 0.1) is 6.10 Å². The second kappa shape index (κ2) is 6.02. The molecule has 0 saturated carbocycles. The molecule has 1 heterocycles. The van der Waals surface area contributed by atoms with Crippen molar-refractivity contribution in [2.45, 2.75) is 44.2 Å². The molecule has 88 valence electrons. The first-order valence-electron chi connectivity index (χ1n) is 6.32. The smallest absolute Gasteiger partial charge is 0.0804 e. The molecule has 0 spiro atoms. The second-order valence-electron chi connectivity index (χ2n) is 4.66. The van der Waals surface area contributed by atoms with Crippen molar-refractivity contribution in [3.8, 4) is 0 Å². The largest absolute Gasteiger partial charge is 0.388 e. The van der Waals surface area contributed by atoms with Crippen molar-refractivity contribution in [3.05, 3.63) is 35.9 Å². The summed E-state index contributed by atoms with van der Waals surface area (Å²) in [6.45, 7) is 1.10. The Balaban J connectivity index is 1.88. The predicted molar refractivity (Wildman–Crippen MR) is 66.3 cm³/mol. The molecule has 1 aromatic rings. The lowest BCUT2D eigenvalue weighted by molar-refractivity contribution is 0.150. The van der Waals surface area contributed by atoms with Crippen LogP contribution in [0.3, 0.4) is 0 Å². The Morgan fingerprint density at radius 3 is 2.81 bits per heavy atom. The zero-order valence-electron chi connectivity index (χ0n) is 9.73. The van der Waals surface area contributed by atoms with Crippen LogP contribution in [0.25, 0.3) is 0 Å². The van der Waals surface area contributed by atoms with Crippen molar-refractivity contribution < 1.29 is 5.11 Å². The molecule has 0 unspecified atom stereocenters. The van der Waals surface area contributed by atoms with Crippen molar-refractivity contribution >= 4 is 0 Å². The first-order valence-corrected chi connectivity index (χ1v) is 6.32. The van der Waals surface area contributed by atoms with Crippen LogP contribution >= 0.6 is 0 Å². The lowest BCUT2D eigenvalue weighted by Gasteiger charge is -2.19. The predicted octanol–water partition coefficient (Wildman–Crippen LogP) is 2.64. The summed E-state index contributed by atoms with van der Waals surface area (Å²) >= 11 is 0. The molecule has 2 N–H and O–H groups in total. The van der Waals surface area contributed by atoms with E-state index in [1.165, 1.54) is 25.7 Å². The number of nitrogens with one attached hydrogen (secondary N) is 1. The molecule has 2 rings (SSSR count). The standard InChI is InChI=1S/C14H21NO/c16-14(12-7-3-1-4-8-12)11-13-9-5-2-6-10-15-13/h1,3-4,7-8,13-16H,2,5-6,9-11H2/t13-,14+/m0/s1. The van der Waals surface area contributed by atoms with Gasteiger partial charge in [-0.15, -0.1) is 0 Å². The van der Waals surface area contributed by atoms with Crippen LogP contribution in [0, 0.1) is 0 Å². The normalized spacial score (nSPS) is 23.7. The minimum atomic E-state index is -0.322. The van der Waals surface area contributed by atoms with Gasteiger partial charge in [-0.1, -0.05) is 43.2 Å². The molecule has 2 atom stereocenters. The molecule has 1 fully saturated rings. The van der Waals surface area contributed by atoms with E-state index in [2.05, 4.69) is 5.32 Å². The maximum absolute atomic E-state index is 10.1. The van der Waals surface area contributed by atoms with E-state index in [4.69, 9.17) is 0 Å². The quantitative estimate of drug-likeness (QED) is 0.819. The van der Waals surface area contributed by atoms with Gasteiger partial charge in [0.25, 0.3) is 0 Å². The van der Waals surface area contributed by atoms with Crippen molar-refractivity contribution in [2.75, 3.05) is 6.54 Å². The van der Waals surface area contributed by atoms with Crippen molar-refractivity contribution in [3.63, 3.8) is 0 Å². The molecular weight excluding hydrogens is 198 g/mol. The number of aliphatic hydroxyl groups is 1. The average molecular weight is 219 g/mol. The highest BCUT2D eigenvalue weighted by molar-refractivity contribution is 5.17. The van der Waals surface area contributed by atoms with E-state index in [9.17, 15) is 5.11 Å². The topological polar surface area (TPSA) is 32.3 Å². The Kier molecular flexibility index (Phi) is 4.37. The third kappa shape index (κ3) is 3.32.